The lowest BCUT2D eigenvalue weighted by Crippen LogP contribution is -2.55. The second-order valence-corrected chi connectivity index (χ2v) is 11.5. The molecule has 1 fully saturated rings. The number of nitrogens with zero attached hydrogens (tertiary/aromatic N) is 1. The molecule has 0 aromatic heterocycles. The monoisotopic (exact) mass is 606 g/mol. The van der Waals surface area contributed by atoms with E-state index in [9.17, 15) is 19.5 Å². The number of rotatable bonds is 16. The molecule has 0 heterocycles. The fourth-order valence-corrected chi connectivity index (χ4v) is 4.90. The van der Waals surface area contributed by atoms with E-state index in [4.69, 9.17) is 16.2 Å². The number of anilines is 1. The molecule has 11 heteroatoms. The van der Waals surface area contributed by atoms with Crippen LogP contribution in [0.3, 0.4) is 0 Å². The maximum Gasteiger partial charge on any atom is 0.319 e. The summed E-state index contributed by atoms with van der Waals surface area (Å²) < 4.78 is 6.08. The fourth-order valence-electron chi connectivity index (χ4n) is 4.90. The van der Waals surface area contributed by atoms with E-state index in [1.165, 1.54) is 0 Å². The van der Waals surface area contributed by atoms with Gasteiger partial charge in [0.05, 0.1) is 5.82 Å². The van der Waals surface area contributed by atoms with Gasteiger partial charge in [-0.25, -0.2) is 0 Å². The molecule has 1 aliphatic carbocycles. The molecule has 0 radical (unpaired) electrons. The predicted octanol–water partition coefficient (Wildman–Crippen LogP) is 3.38. The van der Waals surface area contributed by atoms with Gasteiger partial charge in [-0.2, -0.15) is 0 Å². The average molecular weight is 607 g/mol. The summed E-state index contributed by atoms with van der Waals surface area (Å²) in [6.07, 6.45) is 4.97. The van der Waals surface area contributed by atoms with Crippen LogP contribution in [0.15, 0.2) is 66.0 Å². The van der Waals surface area contributed by atoms with E-state index in [1.807, 2.05) is 57.4 Å². The van der Waals surface area contributed by atoms with Crippen LogP contribution in [-0.4, -0.2) is 61.5 Å². The highest BCUT2D eigenvalue weighted by molar-refractivity contribution is 6.05. The van der Waals surface area contributed by atoms with Gasteiger partial charge in [0.25, 0.3) is 0 Å². The van der Waals surface area contributed by atoms with Gasteiger partial charge in [0.2, 0.25) is 11.8 Å². The molecule has 44 heavy (non-hydrogen) atoms. The summed E-state index contributed by atoms with van der Waals surface area (Å²) in [6, 6.07) is 13.8. The molecule has 3 rings (SSSR count). The van der Waals surface area contributed by atoms with Crippen LogP contribution in [0.25, 0.3) is 5.70 Å². The number of allylic oxidation sites excluding steroid dienone is 2. The number of carbonyl (C=O) groups excluding carboxylic acids is 2. The van der Waals surface area contributed by atoms with E-state index in [-0.39, 0.29) is 25.4 Å². The number of benzene rings is 2. The number of nitrogens with one attached hydrogen (secondary N) is 3. The third kappa shape index (κ3) is 9.00. The van der Waals surface area contributed by atoms with Crippen molar-refractivity contribution in [1.29, 1.82) is 0 Å². The van der Waals surface area contributed by atoms with Crippen molar-refractivity contribution in [2.45, 2.75) is 58.1 Å². The SMILES string of the molecule is CN/C(N)=C(C)/C=C(\N)c1ccccc1OCc1ccc(NC(=O)C(CCCCN(C)C)NC(=O)C2(C(=O)O)CCC2)cc1. The van der Waals surface area contributed by atoms with Crippen LogP contribution in [0.5, 0.6) is 5.75 Å². The largest absolute Gasteiger partial charge is 0.488 e. The normalized spacial score (nSPS) is 15.4. The van der Waals surface area contributed by atoms with Crippen molar-refractivity contribution in [3.63, 3.8) is 0 Å². The Bertz CT molecular complexity index is 1360. The summed E-state index contributed by atoms with van der Waals surface area (Å²) in [5.74, 6) is -0.972. The number of unbranched alkanes of at least 4 members (excludes halogenated alkanes) is 1. The maximum absolute atomic E-state index is 13.3. The first-order valence-corrected chi connectivity index (χ1v) is 14.9. The molecule has 1 aliphatic rings. The molecule has 0 aliphatic heterocycles. The highest BCUT2D eigenvalue weighted by Crippen LogP contribution is 2.41. The molecule has 1 atom stereocenters. The first kappa shape index (κ1) is 34.0. The summed E-state index contributed by atoms with van der Waals surface area (Å²) in [5.41, 5.74) is 14.3. The zero-order valence-electron chi connectivity index (χ0n) is 26.1. The van der Waals surface area contributed by atoms with E-state index in [0.717, 1.165) is 29.7 Å². The fraction of sp³-hybridized carbons (Fsp3) is 0.424. The van der Waals surface area contributed by atoms with Crippen molar-refractivity contribution in [3.05, 3.63) is 77.1 Å². The Labute approximate surface area is 259 Å². The third-order valence-electron chi connectivity index (χ3n) is 7.90. The van der Waals surface area contributed by atoms with E-state index in [0.29, 0.717) is 42.2 Å². The predicted molar refractivity (Wildman–Crippen MR) is 172 cm³/mol. The molecule has 11 nitrogen and oxygen atoms in total. The van der Waals surface area contributed by atoms with Gasteiger partial charge < -0.3 is 42.2 Å². The number of carboxylic acid groups (broad SMARTS) is 1. The van der Waals surface area contributed by atoms with Crippen LogP contribution < -0.4 is 32.2 Å². The summed E-state index contributed by atoms with van der Waals surface area (Å²) in [7, 11) is 5.69. The Hall–Kier alpha value is -4.51. The Morgan fingerprint density at radius 1 is 1.07 bits per heavy atom. The van der Waals surface area contributed by atoms with Gasteiger partial charge >= 0.3 is 5.97 Å². The van der Waals surface area contributed by atoms with Gasteiger partial charge in [-0.3, -0.25) is 14.4 Å². The number of ether oxygens (including phenoxy) is 1. The number of para-hydroxylation sites is 1. The van der Waals surface area contributed by atoms with Gasteiger partial charge in [-0.1, -0.05) is 30.7 Å². The molecular weight excluding hydrogens is 560 g/mol. The molecule has 2 amide bonds. The maximum atomic E-state index is 13.3. The molecule has 0 spiro atoms. The number of amides is 2. The van der Waals surface area contributed by atoms with Crippen LogP contribution in [-0.2, 0) is 21.0 Å². The Morgan fingerprint density at radius 3 is 2.34 bits per heavy atom. The Morgan fingerprint density at radius 2 is 1.75 bits per heavy atom. The number of hydrogen-bond donors (Lipinski definition) is 6. The lowest BCUT2D eigenvalue weighted by Gasteiger charge is -2.37. The summed E-state index contributed by atoms with van der Waals surface area (Å²) in [6.45, 7) is 2.98. The minimum absolute atomic E-state index is 0.272. The van der Waals surface area contributed by atoms with Crippen molar-refractivity contribution in [2.75, 3.05) is 33.0 Å². The van der Waals surface area contributed by atoms with Crippen molar-refractivity contribution < 1.29 is 24.2 Å². The standard InChI is InChI=1S/C33H46N6O5/c1-22(29(35)36-2)20-26(34)25-10-5-6-12-28(25)44-21-23-13-15-24(16-14-23)37-30(40)27(11-7-8-19-39(3)4)38-31(41)33(32(42)43)17-9-18-33/h5-6,10,12-16,20,27,36H,7-9,11,17-19,21,34-35H2,1-4H3,(H,37,40)(H,38,41)(H,42,43)/b26-20-,29-22+. The molecule has 8 N–H and O–H groups in total. The highest BCUT2D eigenvalue weighted by atomic mass is 16.5. The Kier molecular flexibility index (Phi) is 12.2. The number of hydrogen-bond acceptors (Lipinski definition) is 8. The topological polar surface area (TPSA) is 172 Å². The van der Waals surface area contributed by atoms with Crippen molar-refractivity contribution in [2.24, 2.45) is 16.9 Å². The molecule has 2 aromatic carbocycles. The van der Waals surface area contributed by atoms with E-state index in [2.05, 4.69) is 20.9 Å². The minimum atomic E-state index is -1.45. The average Bonchev–Trinajstić information content (AvgIpc) is 2.96. The third-order valence-corrected chi connectivity index (χ3v) is 7.90. The zero-order valence-corrected chi connectivity index (χ0v) is 26.1. The van der Waals surface area contributed by atoms with Crippen LogP contribution in [0.4, 0.5) is 5.69 Å². The van der Waals surface area contributed by atoms with Crippen molar-refractivity contribution in [1.82, 2.24) is 15.5 Å². The van der Waals surface area contributed by atoms with Gasteiger partial charge in [0.1, 0.15) is 23.8 Å². The molecule has 1 saturated carbocycles. The van der Waals surface area contributed by atoms with Crippen molar-refractivity contribution >= 4 is 29.2 Å². The number of carbonyl (C=O) groups is 3. The van der Waals surface area contributed by atoms with E-state index >= 15 is 0 Å². The van der Waals surface area contributed by atoms with Crippen LogP contribution in [0.1, 0.15) is 56.6 Å². The van der Waals surface area contributed by atoms with Gasteiger partial charge in [-0.15, -0.1) is 0 Å². The zero-order chi connectivity index (χ0) is 32.3. The second-order valence-electron chi connectivity index (χ2n) is 11.5. The summed E-state index contributed by atoms with van der Waals surface area (Å²) >= 11 is 0. The molecular formula is C33H46N6O5. The molecule has 1 unspecified atom stereocenters. The second kappa shape index (κ2) is 15.8. The molecule has 2 aromatic rings. The van der Waals surface area contributed by atoms with Crippen molar-refractivity contribution in [3.8, 4) is 5.75 Å². The number of aliphatic carboxylic acids is 1. The van der Waals surface area contributed by atoms with Crippen LogP contribution in [0, 0.1) is 5.41 Å². The van der Waals surface area contributed by atoms with E-state index < -0.39 is 23.3 Å². The minimum Gasteiger partial charge on any atom is -0.488 e. The van der Waals surface area contributed by atoms with Gasteiger partial charge in [0.15, 0.2) is 0 Å². The lowest BCUT2D eigenvalue weighted by atomic mass is 9.68. The first-order chi connectivity index (χ1) is 21.0. The summed E-state index contributed by atoms with van der Waals surface area (Å²) in [4.78, 5) is 40.1. The quantitative estimate of drug-likeness (QED) is 0.0952. The van der Waals surface area contributed by atoms with E-state index in [1.54, 1.807) is 25.3 Å². The number of nitrogens with two attached hydrogens (primary N) is 2. The smallest absolute Gasteiger partial charge is 0.319 e. The highest BCUT2D eigenvalue weighted by Gasteiger charge is 2.51. The summed E-state index contributed by atoms with van der Waals surface area (Å²) in [5, 5.41) is 18.2. The Balaban J connectivity index is 1.65. The molecule has 0 bridgehead atoms. The van der Waals surface area contributed by atoms with Crippen LogP contribution >= 0.6 is 0 Å². The van der Waals surface area contributed by atoms with Crippen LogP contribution in [0.2, 0.25) is 0 Å². The van der Waals surface area contributed by atoms with Gasteiger partial charge in [-0.05, 0) is 101 Å². The lowest BCUT2D eigenvalue weighted by molar-refractivity contribution is -0.162. The van der Waals surface area contributed by atoms with Gasteiger partial charge in [0, 0.05) is 24.0 Å². The first-order valence-electron chi connectivity index (χ1n) is 14.9. The molecule has 238 valence electrons. The number of carboxylic acids is 1. The molecule has 0 saturated heterocycles.